The Morgan fingerprint density at radius 3 is 2.44 bits per heavy atom. The van der Waals surface area contributed by atoms with Gasteiger partial charge in [0.05, 0.1) is 0 Å². The van der Waals surface area contributed by atoms with Crippen molar-refractivity contribution in [3.05, 3.63) is 11.1 Å². The predicted molar refractivity (Wildman–Crippen MR) is 69.4 cm³/mol. The maximum atomic E-state index is 11.4. The van der Waals surface area contributed by atoms with Gasteiger partial charge in [-0.15, -0.1) is 0 Å². The zero-order chi connectivity index (χ0) is 12.3. The van der Waals surface area contributed by atoms with Gasteiger partial charge in [-0.1, -0.05) is 31.4 Å². The molecular formula is C15H26O. The van der Waals surface area contributed by atoms with Crippen LogP contribution in [0.3, 0.4) is 0 Å². The number of hydrogen-bond donors (Lipinski definition) is 0. The molecule has 16 heavy (non-hydrogen) atoms. The Labute approximate surface area is 100 Å². The van der Waals surface area contributed by atoms with E-state index in [1.54, 1.807) is 18.1 Å². The molecule has 1 rings (SSSR count). The molecule has 0 spiro atoms. The van der Waals surface area contributed by atoms with Crippen molar-refractivity contribution < 1.29 is 4.79 Å². The molecule has 1 aliphatic carbocycles. The van der Waals surface area contributed by atoms with Gasteiger partial charge in [-0.3, -0.25) is 4.79 Å². The van der Waals surface area contributed by atoms with Crippen LogP contribution in [0.4, 0.5) is 0 Å². The fraction of sp³-hybridized carbons (Fsp3) is 0.800. The summed E-state index contributed by atoms with van der Waals surface area (Å²) in [6.07, 6.45) is 5.97. The molecule has 0 amide bonds. The van der Waals surface area contributed by atoms with Crippen molar-refractivity contribution in [2.45, 2.75) is 66.7 Å². The summed E-state index contributed by atoms with van der Waals surface area (Å²) in [5.41, 5.74) is 3.53. The third kappa shape index (κ3) is 2.96. The summed E-state index contributed by atoms with van der Waals surface area (Å²) in [6.45, 7) is 10.6. The molecule has 0 aliphatic heterocycles. The highest BCUT2D eigenvalue weighted by atomic mass is 16.1. The zero-order valence-corrected chi connectivity index (χ0v) is 11.5. The molecule has 0 saturated carbocycles. The maximum Gasteiger partial charge on any atom is 0.132 e. The molecule has 1 heteroatoms. The highest BCUT2D eigenvalue weighted by Gasteiger charge is 2.34. The van der Waals surface area contributed by atoms with Crippen LogP contribution in [-0.2, 0) is 4.79 Å². The summed E-state index contributed by atoms with van der Waals surface area (Å²) in [5.74, 6) is 0.572. The van der Waals surface area contributed by atoms with Crippen LogP contribution in [0.5, 0.6) is 0 Å². The number of rotatable bonds is 4. The van der Waals surface area contributed by atoms with Gasteiger partial charge >= 0.3 is 0 Å². The van der Waals surface area contributed by atoms with Crippen molar-refractivity contribution in [1.29, 1.82) is 0 Å². The van der Waals surface area contributed by atoms with Crippen molar-refractivity contribution in [3.8, 4) is 0 Å². The molecule has 0 radical (unpaired) electrons. The Morgan fingerprint density at radius 2 is 2.00 bits per heavy atom. The minimum absolute atomic E-state index is 0.228. The van der Waals surface area contributed by atoms with E-state index in [-0.39, 0.29) is 5.92 Å². The number of carbonyl (C=O) groups excluding carboxylic acids is 1. The van der Waals surface area contributed by atoms with Crippen LogP contribution in [0, 0.1) is 11.3 Å². The average Bonchev–Trinajstić information content (AvgIpc) is 2.23. The highest BCUT2D eigenvalue weighted by molar-refractivity contribution is 5.77. The van der Waals surface area contributed by atoms with Crippen LogP contribution in [0.15, 0.2) is 11.1 Å². The summed E-state index contributed by atoms with van der Waals surface area (Å²) in [7, 11) is 0. The first kappa shape index (κ1) is 13.5. The first-order chi connectivity index (χ1) is 7.40. The molecule has 1 aliphatic rings. The van der Waals surface area contributed by atoms with E-state index in [0.29, 0.717) is 11.2 Å². The predicted octanol–water partition coefficient (Wildman–Crippen LogP) is 4.52. The highest BCUT2D eigenvalue weighted by Crippen LogP contribution is 2.46. The quantitative estimate of drug-likeness (QED) is 0.639. The van der Waals surface area contributed by atoms with Crippen molar-refractivity contribution >= 4 is 5.78 Å². The van der Waals surface area contributed by atoms with Gasteiger partial charge in [0.15, 0.2) is 0 Å². The zero-order valence-electron chi connectivity index (χ0n) is 11.5. The number of hydrogen-bond acceptors (Lipinski definition) is 1. The van der Waals surface area contributed by atoms with Gasteiger partial charge in [0.2, 0.25) is 0 Å². The topological polar surface area (TPSA) is 17.1 Å². The molecule has 0 heterocycles. The Morgan fingerprint density at radius 1 is 1.38 bits per heavy atom. The average molecular weight is 222 g/mol. The number of carbonyl (C=O) groups is 1. The van der Waals surface area contributed by atoms with Crippen LogP contribution in [0.25, 0.3) is 0 Å². The van der Waals surface area contributed by atoms with E-state index in [4.69, 9.17) is 0 Å². The van der Waals surface area contributed by atoms with Crippen LogP contribution in [-0.4, -0.2) is 5.78 Å². The first-order valence-corrected chi connectivity index (χ1v) is 6.56. The van der Waals surface area contributed by atoms with Crippen LogP contribution >= 0.6 is 0 Å². The second kappa shape index (κ2) is 5.16. The summed E-state index contributed by atoms with van der Waals surface area (Å²) in [5, 5.41) is 0. The molecule has 0 aromatic rings. The smallest absolute Gasteiger partial charge is 0.132 e. The summed E-state index contributed by atoms with van der Waals surface area (Å²) in [4.78, 5) is 11.4. The van der Waals surface area contributed by atoms with Gasteiger partial charge in [0.25, 0.3) is 0 Å². The molecule has 2 atom stereocenters. The van der Waals surface area contributed by atoms with E-state index in [9.17, 15) is 4.79 Å². The van der Waals surface area contributed by atoms with E-state index < -0.39 is 0 Å². The summed E-state index contributed by atoms with van der Waals surface area (Å²) >= 11 is 0. The van der Waals surface area contributed by atoms with Crippen LogP contribution < -0.4 is 0 Å². The Kier molecular flexibility index (Phi) is 4.35. The third-order valence-corrected chi connectivity index (χ3v) is 4.58. The molecule has 0 bridgehead atoms. The molecule has 0 saturated heterocycles. The van der Waals surface area contributed by atoms with Gasteiger partial charge in [0.1, 0.15) is 5.78 Å². The molecule has 0 aromatic heterocycles. The largest absolute Gasteiger partial charge is 0.300 e. The molecule has 0 fully saturated rings. The van der Waals surface area contributed by atoms with Crippen LogP contribution in [0.2, 0.25) is 0 Å². The molecule has 2 unspecified atom stereocenters. The van der Waals surface area contributed by atoms with E-state index in [0.717, 1.165) is 6.42 Å². The van der Waals surface area contributed by atoms with E-state index in [1.807, 2.05) is 0 Å². The molecule has 0 aromatic carbocycles. The van der Waals surface area contributed by atoms with Gasteiger partial charge in [-0.2, -0.15) is 0 Å². The molecule has 0 N–H and O–H groups in total. The monoisotopic (exact) mass is 222 g/mol. The summed E-state index contributed by atoms with van der Waals surface area (Å²) in [6, 6.07) is 0. The van der Waals surface area contributed by atoms with Crippen molar-refractivity contribution in [2.75, 3.05) is 0 Å². The Hall–Kier alpha value is -0.590. The lowest BCUT2D eigenvalue weighted by Gasteiger charge is -2.39. The van der Waals surface area contributed by atoms with E-state index in [1.165, 1.54) is 25.7 Å². The van der Waals surface area contributed by atoms with Gasteiger partial charge in [-0.25, -0.2) is 0 Å². The second-order valence-electron chi connectivity index (χ2n) is 5.81. The number of ketones is 1. The van der Waals surface area contributed by atoms with Crippen LogP contribution in [0.1, 0.15) is 66.7 Å². The number of allylic oxidation sites excluding steroid dienone is 2. The minimum Gasteiger partial charge on any atom is -0.300 e. The maximum absolute atomic E-state index is 11.4. The van der Waals surface area contributed by atoms with Crippen molar-refractivity contribution in [1.82, 2.24) is 0 Å². The first-order valence-electron chi connectivity index (χ1n) is 6.56. The standard InChI is InChI=1S/C15H26O/c1-6-15(10-13(4)14(5)16)8-7-11(2)12(3)9-15/h13H,6-10H2,1-5H3. The minimum atomic E-state index is 0.228. The number of Topliss-reactive ketones (excluding diaryl/α,β-unsaturated/α-hetero) is 1. The third-order valence-electron chi connectivity index (χ3n) is 4.58. The summed E-state index contributed by atoms with van der Waals surface area (Å²) < 4.78 is 0. The van der Waals surface area contributed by atoms with Gasteiger partial charge in [-0.05, 0) is 51.9 Å². The molecule has 1 nitrogen and oxygen atoms in total. The van der Waals surface area contributed by atoms with Gasteiger partial charge < -0.3 is 0 Å². The molecular weight excluding hydrogens is 196 g/mol. The lowest BCUT2D eigenvalue weighted by atomic mass is 9.66. The Balaban J connectivity index is 2.77. The molecule has 92 valence electrons. The lowest BCUT2D eigenvalue weighted by Crippen LogP contribution is -2.28. The van der Waals surface area contributed by atoms with Crippen molar-refractivity contribution in [2.24, 2.45) is 11.3 Å². The van der Waals surface area contributed by atoms with E-state index >= 15 is 0 Å². The second-order valence-corrected chi connectivity index (χ2v) is 5.81. The Bertz CT molecular complexity index is 301. The van der Waals surface area contributed by atoms with Gasteiger partial charge in [0, 0.05) is 5.92 Å². The fourth-order valence-corrected chi connectivity index (χ4v) is 2.88. The van der Waals surface area contributed by atoms with Crippen molar-refractivity contribution in [3.63, 3.8) is 0 Å². The fourth-order valence-electron chi connectivity index (χ4n) is 2.88. The lowest BCUT2D eigenvalue weighted by molar-refractivity contribution is -0.121. The normalized spacial score (nSPS) is 28.1. The van der Waals surface area contributed by atoms with E-state index in [2.05, 4.69) is 27.7 Å². The SMILES string of the molecule is CCC1(CC(C)C(C)=O)CCC(C)=C(C)C1.